The molecule has 32 heavy (non-hydrogen) atoms. The van der Waals surface area contributed by atoms with Crippen LogP contribution in [0.1, 0.15) is 106 Å². The lowest BCUT2D eigenvalue weighted by atomic mass is 9.42. The Bertz CT molecular complexity index is 715. The normalized spacial score (nSPS) is 50.0. The summed E-state index contributed by atoms with van der Waals surface area (Å²) in [6.45, 7) is 14.1. The molecule has 0 aromatic carbocycles. The number of fused-ring (bicyclic) bond motifs is 5. The highest BCUT2D eigenvalue weighted by molar-refractivity contribution is 5.17. The summed E-state index contributed by atoms with van der Waals surface area (Å²) in [5.41, 5.74) is 0.582. The van der Waals surface area contributed by atoms with Crippen LogP contribution in [-0.4, -0.2) is 33.1 Å². The van der Waals surface area contributed by atoms with Gasteiger partial charge in [0, 0.05) is 11.8 Å². The van der Waals surface area contributed by atoms with Crippen LogP contribution in [0.4, 0.5) is 0 Å². The standard InChI is InChI=1S/C29H50O3/c1-7-20(18(2)3)9-8-19(4)23-10-11-24-22-16-26(31)29(32)17-21(30)12-15-28(29,6)25(22)13-14-27(23,24)5/h7,18-19,21-26,30-32H,8-17H2,1-6H3/b20-7+/t19-,21+,22?,23?,24?,25?,26+,27-,28-,29+/m1/s1. The minimum Gasteiger partial charge on any atom is -0.393 e. The third kappa shape index (κ3) is 3.64. The minimum absolute atomic E-state index is 0.266. The Morgan fingerprint density at radius 1 is 1.00 bits per heavy atom. The van der Waals surface area contributed by atoms with E-state index in [2.05, 4.69) is 47.6 Å². The molecular weight excluding hydrogens is 396 g/mol. The Hall–Kier alpha value is -0.380. The maximum Gasteiger partial charge on any atom is 0.0985 e. The van der Waals surface area contributed by atoms with Crippen LogP contribution in [-0.2, 0) is 0 Å². The maximum atomic E-state index is 11.6. The molecule has 3 N–H and O–H groups in total. The van der Waals surface area contributed by atoms with Crippen molar-refractivity contribution in [2.75, 3.05) is 0 Å². The van der Waals surface area contributed by atoms with Crippen LogP contribution in [0.2, 0.25) is 0 Å². The molecule has 0 aromatic rings. The molecule has 4 fully saturated rings. The van der Waals surface area contributed by atoms with Crippen molar-refractivity contribution in [2.24, 2.45) is 46.3 Å². The molecule has 4 rings (SSSR count). The first kappa shape index (κ1) is 24.7. The summed E-state index contributed by atoms with van der Waals surface area (Å²) in [6.07, 6.45) is 11.4. The lowest BCUT2D eigenvalue weighted by Crippen LogP contribution is -2.68. The van der Waals surface area contributed by atoms with E-state index in [-0.39, 0.29) is 5.41 Å². The van der Waals surface area contributed by atoms with E-state index in [1.807, 2.05) is 0 Å². The van der Waals surface area contributed by atoms with E-state index in [0.29, 0.717) is 35.5 Å². The smallest absolute Gasteiger partial charge is 0.0985 e. The molecule has 0 amide bonds. The highest BCUT2D eigenvalue weighted by atomic mass is 16.3. The largest absolute Gasteiger partial charge is 0.393 e. The molecule has 4 aliphatic rings. The first-order chi connectivity index (χ1) is 15.0. The summed E-state index contributed by atoms with van der Waals surface area (Å²) in [4.78, 5) is 0. The molecule has 0 bridgehead atoms. The molecule has 4 aliphatic carbocycles. The van der Waals surface area contributed by atoms with Crippen LogP contribution < -0.4 is 0 Å². The van der Waals surface area contributed by atoms with Crippen LogP contribution in [0, 0.1) is 46.3 Å². The molecule has 0 spiro atoms. The predicted molar refractivity (Wildman–Crippen MR) is 131 cm³/mol. The van der Waals surface area contributed by atoms with Gasteiger partial charge in [0.1, 0.15) is 0 Å². The second kappa shape index (κ2) is 8.68. The molecule has 0 aliphatic heterocycles. The highest BCUT2D eigenvalue weighted by Gasteiger charge is 2.67. The van der Waals surface area contributed by atoms with Gasteiger partial charge in [0.25, 0.3) is 0 Å². The van der Waals surface area contributed by atoms with E-state index in [9.17, 15) is 15.3 Å². The van der Waals surface area contributed by atoms with Crippen LogP contribution in [0.3, 0.4) is 0 Å². The van der Waals surface area contributed by atoms with E-state index in [1.165, 1.54) is 38.5 Å². The zero-order valence-corrected chi connectivity index (χ0v) is 21.6. The number of aliphatic hydroxyl groups is 3. The second-order valence-corrected chi connectivity index (χ2v) is 13.1. The van der Waals surface area contributed by atoms with Gasteiger partial charge < -0.3 is 15.3 Å². The molecule has 4 saturated carbocycles. The second-order valence-electron chi connectivity index (χ2n) is 13.1. The lowest BCUT2D eigenvalue weighted by molar-refractivity contribution is -0.264. The summed E-state index contributed by atoms with van der Waals surface area (Å²) in [5, 5.41) is 33.2. The van der Waals surface area contributed by atoms with E-state index in [0.717, 1.165) is 31.1 Å². The monoisotopic (exact) mass is 446 g/mol. The van der Waals surface area contributed by atoms with E-state index in [4.69, 9.17) is 0 Å². The van der Waals surface area contributed by atoms with Crippen molar-refractivity contribution in [1.29, 1.82) is 0 Å². The van der Waals surface area contributed by atoms with Gasteiger partial charge in [0.05, 0.1) is 17.8 Å². The zero-order valence-electron chi connectivity index (χ0n) is 21.6. The third-order valence-electron chi connectivity index (χ3n) is 11.6. The average Bonchev–Trinajstić information content (AvgIpc) is 3.08. The zero-order chi connectivity index (χ0) is 23.5. The fraction of sp³-hybridized carbons (Fsp3) is 0.931. The Morgan fingerprint density at radius 3 is 2.38 bits per heavy atom. The van der Waals surface area contributed by atoms with Crippen LogP contribution in [0.25, 0.3) is 0 Å². The van der Waals surface area contributed by atoms with E-state index < -0.39 is 17.8 Å². The predicted octanol–water partition coefficient (Wildman–Crippen LogP) is 6.11. The quantitative estimate of drug-likeness (QED) is 0.446. The van der Waals surface area contributed by atoms with Gasteiger partial charge in [-0.2, -0.15) is 0 Å². The molecule has 0 aromatic heterocycles. The Balaban J connectivity index is 1.52. The van der Waals surface area contributed by atoms with Crippen LogP contribution in [0.15, 0.2) is 11.6 Å². The van der Waals surface area contributed by atoms with Gasteiger partial charge in [-0.15, -0.1) is 0 Å². The molecule has 4 unspecified atom stereocenters. The molecule has 184 valence electrons. The fourth-order valence-corrected chi connectivity index (χ4v) is 9.60. The van der Waals surface area contributed by atoms with Crippen molar-refractivity contribution in [3.63, 3.8) is 0 Å². The van der Waals surface area contributed by atoms with Crippen molar-refractivity contribution in [1.82, 2.24) is 0 Å². The number of aliphatic hydroxyl groups excluding tert-OH is 2. The Labute approximate surface area is 197 Å². The summed E-state index contributed by atoms with van der Waals surface area (Å²) in [6, 6.07) is 0. The van der Waals surface area contributed by atoms with Crippen LogP contribution >= 0.6 is 0 Å². The highest BCUT2D eigenvalue weighted by Crippen LogP contribution is 2.69. The Morgan fingerprint density at radius 2 is 1.72 bits per heavy atom. The number of hydrogen-bond acceptors (Lipinski definition) is 3. The van der Waals surface area contributed by atoms with Gasteiger partial charge in [-0.05, 0) is 106 Å². The fourth-order valence-electron chi connectivity index (χ4n) is 9.60. The van der Waals surface area contributed by atoms with Gasteiger partial charge >= 0.3 is 0 Å². The van der Waals surface area contributed by atoms with Gasteiger partial charge in [0.15, 0.2) is 0 Å². The average molecular weight is 447 g/mol. The molecule has 10 atom stereocenters. The maximum absolute atomic E-state index is 11.6. The van der Waals surface area contributed by atoms with E-state index in [1.54, 1.807) is 5.57 Å². The van der Waals surface area contributed by atoms with Gasteiger partial charge in [-0.1, -0.05) is 46.3 Å². The molecule has 3 heteroatoms. The van der Waals surface area contributed by atoms with Crippen molar-refractivity contribution in [3.05, 3.63) is 11.6 Å². The molecular formula is C29H50O3. The third-order valence-corrected chi connectivity index (χ3v) is 11.6. The Kier molecular flexibility index (Phi) is 6.71. The SMILES string of the molecule is C/C=C(\CC[C@@H](C)C1CCC2C3C[C@H](O)[C@@]4(O)C[C@@H](O)CC[C@]4(C)C3CC[C@@]21C)C(C)C. The summed E-state index contributed by atoms with van der Waals surface area (Å²) < 4.78 is 0. The molecule has 0 heterocycles. The summed E-state index contributed by atoms with van der Waals surface area (Å²) in [5.74, 6) is 3.82. The number of hydrogen-bond donors (Lipinski definition) is 3. The molecule has 0 saturated heterocycles. The molecule has 0 radical (unpaired) electrons. The summed E-state index contributed by atoms with van der Waals surface area (Å²) in [7, 11) is 0. The van der Waals surface area contributed by atoms with Crippen molar-refractivity contribution in [2.45, 2.75) is 124 Å². The molecule has 3 nitrogen and oxygen atoms in total. The van der Waals surface area contributed by atoms with Crippen LogP contribution in [0.5, 0.6) is 0 Å². The lowest BCUT2D eigenvalue weighted by Gasteiger charge is -2.65. The van der Waals surface area contributed by atoms with Gasteiger partial charge in [-0.3, -0.25) is 0 Å². The van der Waals surface area contributed by atoms with Gasteiger partial charge in [0.2, 0.25) is 0 Å². The number of allylic oxidation sites excluding steroid dienone is 2. The topological polar surface area (TPSA) is 60.7 Å². The van der Waals surface area contributed by atoms with Crippen molar-refractivity contribution < 1.29 is 15.3 Å². The van der Waals surface area contributed by atoms with Crippen molar-refractivity contribution in [3.8, 4) is 0 Å². The first-order valence-electron chi connectivity index (χ1n) is 13.7. The van der Waals surface area contributed by atoms with E-state index >= 15 is 0 Å². The first-order valence-corrected chi connectivity index (χ1v) is 13.7. The van der Waals surface area contributed by atoms with Gasteiger partial charge in [-0.25, -0.2) is 0 Å². The minimum atomic E-state index is -1.12. The number of rotatable bonds is 5. The van der Waals surface area contributed by atoms with Crippen molar-refractivity contribution >= 4 is 0 Å². The summed E-state index contributed by atoms with van der Waals surface area (Å²) >= 11 is 0.